The molecule has 1 fully saturated rings. The van der Waals surface area contributed by atoms with Gasteiger partial charge in [0.2, 0.25) is 5.91 Å². The van der Waals surface area contributed by atoms with Gasteiger partial charge in [0.25, 0.3) is 0 Å². The number of ether oxygens (including phenoxy) is 2. The summed E-state index contributed by atoms with van der Waals surface area (Å²) < 4.78 is 11.5. The molecule has 1 aromatic rings. The molecule has 1 saturated heterocycles. The van der Waals surface area contributed by atoms with E-state index in [-0.39, 0.29) is 24.2 Å². The van der Waals surface area contributed by atoms with Crippen molar-refractivity contribution in [2.45, 2.75) is 39.5 Å². The molecule has 6 heteroatoms. The summed E-state index contributed by atoms with van der Waals surface area (Å²) >= 11 is 0. The Kier molecular flexibility index (Phi) is 9.57. The van der Waals surface area contributed by atoms with Gasteiger partial charge in [0.05, 0.1) is 19.1 Å². The fraction of sp³-hybridized carbons (Fsp3) is 0.611. The van der Waals surface area contributed by atoms with Crippen molar-refractivity contribution < 1.29 is 14.3 Å². The predicted molar refractivity (Wildman–Crippen MR) is 99.5 cm³/mol. The van der Waals surface area contributed by atoms with Crippen molar-refractivity contribution >= 4 is 24.0 Å². The van der Waals surface area contributed by atoms with Gasteiger partial charge in [0.15, 0.2) is 11.5 Å². The molecule has 1 heterocycles. The number of rotatable bonds is 8. The van der Waals surface area contributed by atoms with Crippen molar-refractivity contribution in [3.05, 3.63) is 18.2 Å². The third kappa shape index (κ3) is 6.21. The lowest BCUT2D eigenvalue weighted by Gasteiger charge is -2.22. The Morgan fingerprint density at radius 3 is 2.54 bits per heavy atom. The topological polar surface area (TPSA) is 59.6 Å². The van der Waals surface area contributed by atoms with Crippen LogP contribution in [0.25, 0.3) is 0 Å². The first-order valence-electron chi connectivity index (χ1n) is 8.65. The second-order valence-electron chi connectivity index (χ2n) is 5.89. The van der Waals surface area contributed by atoms with Crippen LogP contribution in [0.2, 0.25) is 0 Å². The summed E-state index contributed by atoms with van der Waals surface area (Å²) in [6, 6.07) is 5.60. The number of benzene rings is 1. The predicted octanol–water partition coefficient (Wildman–Crippen LogP) is 3.62. The third-order valence-electron chi connectivity index (χ3n) is 3.80. The molecule has 1 aromatic carbocycles. The average molecular weight is 357 g/mol. The quantitative estimate of drug-likeness (QED) is 0.746. The zero-order valence-corrected chi connectivity index (χ0v) is 15.4. The molecule has 136 valence electrons. The standard InChI is InChI=1S/C18H28N2O3.ClH/c1-3-10-22-16-8-7-15(12-17(16)23-11-4-2)20-18(21)14-6-5-9-19-13-14;/h7-8,12,14,19H,3-6,9-11,13H2,1-2H3,(H,20,21);1H/t14-;/m1./s1. The van der Waals surface area contributed by atoms with Crippen molar-refractivity contribution in [1.82, 2.24) is 5.32 Å². The lowest BCUT2D eigenvalue weighted by molar-refractivity contribution is -0.120. The van der Waals surface area contributed by atoms with Gasteiger partial charge in [-0.25, -0.2) is 0 Å². The van der Waals surface area contributed by atoms with Gasteiger partial charge >= 0.3 is 0 Å². The smallest absolute Gasteiger partial charge is 0.228 e. The second kappa shape index (κ2) is 11.2. The summed E-state index contributed by atoms with van der Waals surface area (Å²) in [6.07, 6.45) is 3.86. The van der Waals surface area contributed by atoms with Gasteiger partial charge in [-0.1, -0.05) is 13.8 Å². The number of anilines is 1. The van der Waals surface area contributed by atoms with Crippen molar-refractivity contribution in [2.24, 2.45) is 5.92 Å². The van der Waals surface area contributed by atoms with E-state index in [1.165, 1.54) is 0 Å². The maximum atomic E-state index is 12.3. The molecule has 1 aliphatic rings. The molecule has 0 bridgehead atoms. The number of hydrogen-bond acceptors (Lipinski definition) is 4. The van der Waals surface area contributed by atoms with E-state index in [4.69, 9.17) is 9.47 Å². The van der Waals surface area contributed by atoms with Crippen molar-refractivity contribution in [3.8, 4) is 11.5 Å². The molecule has 24 heavy (non-hydrogen) atoms. The molecule has 5 nitrogen and oxygen atoms in total. The van der Waals surface area contributed by atoms with Gasteiger partial charge in [0.1, 0.15) is 0 Å². The number of carbonyl (C=O) groups excluding carboxylic acids is 1. The molecule has 1 aliphatic heterocycles. The minimum Gasteiger partial charge on any atom is -0.490 e. The number of piperidine rings is 1. The Morgan fingerprint density at radius 1 is 1.21 bits per heavy atom. The normalized spacial score (nSPS) is 16.8. The largest absolute Gasteiger partial charge is 0.490 e. The summed E-state index contributed by atoms with van der Waals surface area (Å²) in [4.78, 5) is 12.3. The van der Waals surface area contributed by atoms with E-state index in [0.29, 0.717) is 19.0 Å². The lowest BCUT2D eigenvalue weighted by atomic mass is 9.99. The summed E-state index contributed by atoms with van der Waals surface area (Å²) in [7, 11) is 0. The van der Waals surface area contributed by atoms with E-state index < -0.39 is 0 Å². The van der Waals surface area contributed by atoms with Crippen LogP contribution in [0.15, 0.2) is 18.2 Å². The van der Waals surface area contributed by atoms with E-state index in [0.717, 1.165) is 50.2 Å². The number of halogens is 1. The van der Waals surface area contributed by atoms with E-state index in [2.05, 4.69) is 24.5 Å². The molecule has 0 saturated carbocycles. The molecule has 1 atom stereocenters. The van der Waals surface area contributed by atoms with E-state index >= 15 is 0 Å². The first kappa shape index (κ1) is 20.6. The highest BCUT2D eigenvalue weighted by Crippen LogP contribution is 2.31. The summed E-state index contributed by atoms with van der Waals surface area (Å²) in [5, 5.41) is 6.26. The van der Waals surface area contributed by atoms with Crippen LogP contribution < -0.4 is 20.1 Å². The monoisotopic (exact) mass is 356 g/mol. The highest BCUT2D eigenvalue weighted by molar-refractivity contribution is 5.93. The SMILES string of the molecule is CCCOc1ccc(NC(=O)[C@@H]2CCCNC2)cc1OCCC.Cl. The number of amides is 1. The molecule has 0 spiro atoms. The lowest BCUT2D eigenvalue weighted by Crippen LogP contribution is -2.37. The molecule has 0 unspecified atom stereocenters. The van der Waals surface area contributed by atoms with Crippen molar-refractivity contribution in [3.63, 3.8) is 0 Å². The second-order valence-corrected chi connectivity index (χ2v) is 5.89. The maximum absolute atomic E-state index is 12.3. The molecule has 1 amide bonds. The summed E-state index contributed by atoms with van der Waals surface area (Å²) in [5.41, 5.74) is 0.760. The van der Waals surface area contributed by atoms with Crippen LogP contribution in [0.4, 0.5) is 5.69 Å². The molecular weight excluding hydrogens is 328 g/mol. The summed E-state index contributed by atoms with van der Waals surface area (Å²) in [6.45, 7) is 7.17. The van der Waals surface area contributed by atoms with Gasteiger partial charge in [0, 0.05) is 18.3 Å². The fourth-order valence-electron chi connectivity index (χ4n) is 2.56. The first-order valence-corrected chi connectivity index (χ1v) is 8.65. The van der Waals surface area contributed by atoms with Crippen LogP contribution in [0.5, 0.6) is 11.5 Å². The molecule has 0 radical (unpaired) electrons. The molecule has 2 N–H and O–H groups in total. The highest BCUT2D eigenvalue weighted by Gasteiger charge is 2.21. The zero-order valence-electron chi connectivity index (χ0n) is 14.6. The zero-order chi connectivity index (χ0) is 16.5. The maximum Gasteiger partial charge on any atom is 0.228 e. The van der Waals surface area contributed by atoms with Crippen molar-refractivity contribution in [1.29, 1.82) is 0 Å². The summed E-state index contributed by atoms with van der Waals surface area (Å²) in [5.74, 6) is 1.54. The molecule has 0 aliphatic carbocycles. The van der Waals surface area contributed by atoms with Crippen LogP contribution in [0, 0.1) is 5.92 Å². The van der Waals surface area contributed by atoms with E-state index in [1.807, 2.05) is 18.2 Å². The molecule has 2 rings (SSSR count). The van der Waals surface area contributed by atoms with Gasteiger partial charge in [-0.2, -0.15) is 0 Å². The molecular formula is C18H29ClN2O3. The van der Waals surface area contributed by atoms with Gasteiger partial charge < -0.3 is 20.1 Å². The van der Waals surface area contributed by atoms with Gasteiger partial charge in [-0.05, 0) is 44.4 Å². The van der Waals surface area contributed by atoms with Crippen LogP contribution >= 0.6 is 12.4 Å². The van der Waals surface area contributed by atoms with Crippen LogP contribution in [0.3, 0.4) is 0 Å². The number of hydrogen-bond donors (Lipinski definition) is 2. The van der Waals surface area contributed by atoms with Gasteiger partial charge in [-0.3, -0.25) is 4.79 Å². The number of carbonyl (C=O) groups is 1. The first-order chi connectivity index (χ1) is 11.2. The van der Waals surface area contributed by atoms with Crippen LogP contribution in [0.1, 0.15) is 39.5 Å². The third-order valence-corrected chi connectivity index (χ3v) is 3.80. The minimum atomic E-state index is 0. The van der Waals surface area contributed by atoms with Crippen LogP contribution in [-0.4, -0.2) is 32.2 Å². The van der Waals surface area contributed by atoms with E-state index in [9.17, 15) is 4.79 Å². The van der Waals surface area contributed by atoms with Crippen molar-refractivity contribution in [2.75, 3.05) is 31.6 Å². The molecule has 0 aromatic heterocycles. The fourth-order valence-corrected chi connectivity index (χ4v) is 2.56. The van der Waals surface area contributed by atoms with Crippen LogP contribution in [-0.2, 0) is 4.79 Å². The Balaban J connectivity index is 0.00000288. The average Bonchev–Trinajstić information content (AvgIpc) is 2.59. The number of nitrogens with one attached hydrogen (secondary N) is 2. The van der Waals surface area contributed by atoms with Gasteiger partial charge in [-0.15, -0.1) is 12.4 Å². The van der Waals surface area contributed by atoms with E-state index in [1.54, 1.807) is 0 Å². The Morgan fingerprint density at radius 2 is 1.92 bits per heavy atom. The minimum absolute atomic E-state index is 0. The highest BCUT2D eigenvalue weighted by atomic mass is 35.5. The Bertz CT molecular complexity index is 505. The Hall–Kier alpha value is -1.46. The Labute approximate surface area is 150 Å².